The number of hydrogen-bond donors (Lipinski definition) is 0. The lowest BCUT2D eigenvalue weighted by molar-refractivity contribution is -0.308. The molecular formula is C23H18F3N4O5-. The number of carboxylic acid groups (broad SMARTS) is 1. The molecule has 2 aromatic carbocycles. The highest BCUT2D eigenvalue weighted by molar-refractivity contribution is 6.13. The van der Waals surface area contributed by atoms with Crippen molar-refractivity contribution < 1.29 is 37.4 Å². The van der Waals surface area contributed by atoms with Crippen LogP contribution >= 0.6 is 0 Å². The molecule has 1 aromatic heterocycles. The minimum atomic E-state index is -4.91. The topological polar surface area (TPSA) is 117 Å². The summed E-state index contributed by atoms with van der Waals surface area (Å²) in [6, 6.07) is 10.6. The number of carboxylic acids is 1. The minimum absolute atomic E-state index is 0.113. The number of Topliss-reactive ketones (excluding diaryl/α,β-unsaturated/α-hetero) is 1. The second-order valence-electron chi connectivity index (χ2n) is 7.89. The molecule has 0 saturated heterocycles. The number of carbonyl (C=O) groups is 3. The van der Waals surface area contributed by atoms with Crippen LogP contribution in [-0.4, -0.2) is 56.0 Å². The molecule has 12 heteroatoms. The van der Waals surface area contributed by atoms with Crippen LogP contribution < -0.4 is 9.84 Å². The Bertz CT molecular complexity index is 1220. The van der Waals surface area contributed by atoms with Crippen LogP contribution in [0.15, 0.2) is 60.8 Å². The second-order valence-corrected chi connectivity index (χ2v) is 7.89. The predicted octanol–water partition coefficient (Wildman–Crippen LogP) is 1.83. The summed E-state index contributed by atoms with van der Waals surface area (Å²) in [7, 11) is 0. The number of amides is 1. The Hall–Kier alpha value is -4.22. The largest absolute Gasteiger partial charge is 0.573 e. The highest BCUT2D eigenvalue weighted by atomic mass is 19.4. The first kappa shape index (κ1) is 23.9. The fourth-order valence-electron chi connectivity index (χ4n) is 3.54. The van der Waals surface area contributed by atoms with E-state index in [0.29, 0.717) is 12.8 Å². The van der Waals surface area contributed by atoms with Gasteiger partial charge in [0.1, 0.15) is 11.8 Å². The van der Waals surface area contributed by atoms with Crippen molar-refractivity contribution in [2.24, 2.45) is 0 Å². The molecule has 4 rings (SSSR count). The molecule has 0 radical (unpaired) electrons. The van der Waals surface area contributed by atoms with E-state index in [2.05, 4.69) is 15.0 Å². The summed E-state index contributed by atoms with van der Waals surface area (Å²) in [4.78, 5) is 39.1. The third-order valence-electron chi connectivity index (χ3n) is 5.24. The van der Waals surface area contributed by atoms with Gasteiger partial charge < -0.3 is 19.5 Å². The smallest absolute Gasteiger partial charge is 0.547 e. The Morgan fingerprint density at radius 2 is 1.74 bits per heavy atom. The van der Waals surface area contributed by atoms with Crippen molar-refractivity contribution in [3.63, 3.8) is 0 Å². The number of halogens is 3. The third kappa shape index (κ3) is 5.83. The molecule has 1 saturated carbocycles. The van der Waals surface area contributed by atoms with E-state index >= 15 is 0 Å². The van der Waals surface area contributed by atoms with Gasteiger partial charge >= 0.3 is 6.36 Å². The number of alkyl halides is 3. The monoisotopic (exact) mass is 487 g/mol. The molecule has 1 atom stereocenters. The molecule has 9 nitrogen and oxygen atoms in total. The maximum atomic E-state index is 13.1. The normalized spacial score (nSPS) is 14.3. The number of aliphatic carboxylic acids is 1. The Morgan fingerprint density at radius 1 is 1.09 bits per heavy atom. The summed E-state index contributed by atoms with van der Waals surface area (Å²) in [5.41, 5.74) is 0.501. The lowest BCUT2D eigenvalue weighted by Crippen LogP contribution is -2.55. The molecule has 1 heterocycles. The van der Waals surface area contributed by atoms with Gasteiger partial charge in [-0.1, -0.05) is 35.5 Å². The summed E-state index contributed by atoms with van der Waals surface area (Å²) in [6.45, 7) is 0.286. The summed E-state index contributed by atoms with van der Waals surface area (Å²) in [5.74, 6) is -4.17. The van der Waals surface area contributed by atoms with Crippen molar-refractivity contribution in [3.8, 4) is 5.75 Å². The quantitative estimate of drug-likeness (QED) is 0.334. The molecule has 0 bridgehead atoms. The van der Waals surface area contributed by atoms with E-state index in [0.717, 1.165) is 34.7 Å². The number of ether oxygens (including phenoxy) is 1. The zero-order valence-electron chi connectivity index (χ0n) is 18.0. The molecule has 1 unspecified atom stereocenters. The first-order chi connectivity index (χ1) is 16.6. The fourth-order valence-corrected chi connectivity index (χ4v) is 3.54. The van der Waals surface area contributed by atoms with Gasteiger partial charge in [-0.15, -0.1) is 18.3 Å². The predicted molar refractivity (Wildman–Crippen MR) is 111 cm³/mol. The molecule has 35 heavy (non-hydrogen) atoms. The van der Waals surface area contributed by atoms with Gasteiger partial charge in [-0.25, -0.2) is 4.68 Å². The summed E-state index contributed by atoms with van der Waals surface area (Å²) >= 11 is 0. The maximum absolute atomic E-state index is 13.1. The average Bonchev–Trinajstić information content (AvgIpc) is 3.54. The van der Waals surface area contributed by atoms with Crippen LogP contribution in [0.1, 0.15) is 39.3 Å². The van der Waals surface area contributed by atoms with E-state index in [1.165, 1.54) is 10.9 Å². The van der Waals surface area contributed by atoms with Gasteiger partial charge in [0.05, 0.1) is 18.7 Å². The van der Waals surface area contributed by atoms with Gasteiger partial charge in [-0.05, 0) is 42.7 Å². The molecular weight excluding hydrogens is 469 g/mol. The maximum Gasteiger partial charge on any atom is 0.573 e. The number of hydrogen-bond acceptors (Lipinski definition) is 7. The summed E-state index contributed by atoms with van der Waals surface area (Å²) in [6.07, 6.45) is -2.71. The van der Waals surface area contributed by atoms with Crippen LogP contribution in [0.4, 0.5) is 13.2 Å². The van der Waals surface area contributed by atoms with Crippen LogP contribution in [0.3, 0.4) is 0 Å². The number of ketones is 1. The number of benzene rings is 2. The molecule has 0 spiro atoms. The molecule has 1 aliphatic rings. The average molecular weight is 487 g/mol. The van der Waals surface area contributed by atoms with Crippen LogP contribution in [0, 0.1) is 0 Å². The molecule has 0 N–H and O–H groups in total. The molecule has 0 aliphatic heterocycles. The van der Waals surface area contributed by atoms with E-state index in [9.17, 15) is 32.7 Å². The van der Waals surface area contributed by atoms with Crippen molar-refractivity contribution >= 4 is 17.7 Å². The van der Waals surface area contributed by atoms with E-state index in [1.807, 2.05) is 30.3 Å². The number of aromatic nitrogens is 3. The Balaban J connectivity index is 1.56. The SMILES string of the molecule is O=C([O-])C(C(=O)c1cn(Cc2ccccc2)nn1)N(C(=O)c1ccc(OC(F)(F)F)cc1)C1CC1. The van der Waals surface area contributed by atoms with Gasteiger partial charge in [0.15, 0.2) is 5.69 Å². The summed E-state index contributed by atoms with van der Waals surface area (Å²) < 4.78 is 42.3. The molecule has 1 amide bonds. The number of nitrogens with zero attached hydrogens (tertiary/aromatic N) is 4. The number of carbonyl (C=O) groups excluding carboxylic acids is 3. The van der Waals surface area contributed by atoms with Crippen LogP contribution in [0.2, 0.25) is 0 Å². The fraction of sp³-hybridized carbons (Fsp3) is 0.261. The van der Waals surface area contributed by atoms with Crippen LogP contribution in [0.25, 0.3) is 0 Å². The van der Waals surface area contributed by atoms with Crippen molar-refractivity contribution in [1.29, 1.82) is 0 Å². The van der Waals surface area contributed by atoms with Crippen molar-refractivity contribution in [2.45, 2.75) is 37.8 Å². The van der Waals surface area contributed by atoms with E-state index in [-0.39, 0.29) is 17.8 Å². The first-order valence-corrected chi connectivity index (χ1v) is 10.5. The van der Waals surface area contributed by atoms with Gasteiger partial charge in [0.2, 0.25) is 5.78 Å². The van der Waals surface area contributed by atoms with Crippen molar-refractivity contribution in [2.75, 3.05) is 0 Å². The van der Waals surface area contributed by atoms with Crippen LogP contribution in [-0.2, 0) is 11.3 Å². The van der Waals surface area contributed by atoms with Gasteiger partial charge in [0, 0.05) is 11.6 Å². The molecule has 1 aliphatic carbocycles. The van der Waals surface area contributed by atoms with Crippen LogP contribution in [0.5, 0.6) is 5.75 Å². The lowest BCUT2D eigenvalue weighted by Gasteiger charge is -2.31. The summed E-state index contributed by atoms with van der Waals surface area (Å²) in [5, 5.41) is 19.6. The Labute approximate surface area is 196 Å². The van der Waals surface area contributed by atoms with E-state index in [4.69, 9.17) is 0 Å². The molecule has 182 valence electrons. The highest BCUT2D eigenvalue weighted by Crippen LogP contribution is 2.32. The standard InChI is InChI=1S/C23H19F3N4O5/c24-23(25,26)35-17-10-6-15(7-11-17)21(32)30(16-8-9-16)19(22(33)34)20(31)18-13-29(28-27-18)12-14-4-2-1-3-5-14/h1-7,10-11,13,16,19H,8-9,12H2,(H,33,34)/p-1. The Kier molecular flexibility index (Phi) is 6.54. The van der Waals surface area contributed by atoms with E-state index in [1.54, 1.807) is 0 Å². The molecule has 1 fully saturated rings. The van der Waals surface area contributed by atoms with Gasteiger partial charge in [-0.2, -0.15) is 0 Å². The van der Waals surface area contributed by atoms with E-state index < -0.39 is 41.9 Å². The Morgan fingerprint density at radius 3 is 2.31 bits per heavy atom. The first-order valence-electron chi connectivity index (χ1n) is 10.5. The zero-order valence-corrected chi connectivity index (χ0v) is 18.0. The molecule has 3 aromatic rings. The zero-order chi connectivity index (χ0) is 25.2. The highest BCUT2D eigenvalue weighted by Gasteiger charge is 2.42. The van der Waals surface area contributed by atoms with Gasteiger partial charge in [-0.3, -0.25) is 9.59 Å². The number of rotatable bonds is 9. The van der Waals surface area contributed by atoms with Gasteiger partial charge in [0.25, 0.3) is 5.91 Å². The third-order valence-corrected chi connectivity index (χ3v) is 5.24. The minimum Gasteiger partial charge on any atom is -0.547 e. The second kappa shape index (κ2) is 9.57. The lowest BCUT2D eigenvalue weighted by atomic mass is 10.1. The van der Waals surface area contributed by atoms with Crippen molar-refractivity contribution in [3.05, 3.63) is 77.6 Å². The van der Waals surface area contributed by atoms with Crippen molar-refractivity contribution in [1.82, 2.24) is 19.9 Å².